The van der Waals surface area contributed by atoms with E-state index >= 15 is 0 Å². The zero-order valence-electron chi connectivity index (χ0n) is 12.0. The van der Waals surface area contributed by atoms with Gasteiger partial charge in [-0.15, -0.1) is 0 Å². The van der Waals surface area contributed by atoms with E-state index in [2.05, 4.69) is 10.6 Å². The van der Waals surface area contributed by atoms with Crippen LogP contribution < -0.4 is 21.9 Å². The van der Waals surface area contributed by atoms with Crippen LogP contribution >= 0.6 is 0 Å². The molecular formula is C13H18F2N4O2. The molecule has 0 saturated carbocycles. The highest BCUT2D eigenvalue weighted by Crippen LogP contribution is 2.19. The molecule has 21 heavy (non-hydrogen) atoms. The van der Waals surface area contributed by atoms with Gasteiger partial charge in [-0.2, -0.15) is 0 Å². The molecular weight excluding hydrogens is 282 g/mol. The maximum atomic E-state index is 13.5. The first-order valence-corrected chi connectivity index (χ1v) is 6.19. The molecule has 0 unspecified atom stereocenters. The predicted octanol–water partition coefficient (Wildman–Crippen LogP) is 0.895. The van der Waals surface area contributed by atoms with Crippen molar-refractivity contribution in [3.05, 3.63) is 29.3 Å². The lowest BCUT2D eigenvalue weighted by Gasteiger charge is -2.20. The van der Waals surface area contributed by atoms with E-state index in [0.717, 1.165) is 12.1 Å². The van der Waals surface area contributed by atoms with Gasteiger partial charge < -0.3 is 16.1 Å². The maximum absolute atomic E-state index is 13.5. The molecule has 116 valence electrons. The number of anilines is 1. The SMILES string of the molecule is CC(C)(C)NC(=O)CNC(=O)c1cc(F)c(NN)c(F)c1. The van der Waals surface area contributed by atoms with E-state index in [1.807, 2.05) is 5.43 Å². The Labute approximate surface area is 121 Å². The molecule has 1 aromatic rings. The summed E-state index contributed by atoms with van der Waals surface area (Å²) < 4.78 is 26.9. The predicted molar refractivity (Wildman–Crippen MR) is 74.4 cm³/mol. The first-order chi connectivity index (χ1) is 9.64. The van der Waals surface area contributed by atoms with Crippen molar-refractivity contribution in [3.8, 4) is 0 Å². The van der Waals surface area contributed by atoms with E-state index in [-0.39, 0.29) is 12.1 Å². The molecule has 0 aromatic heterocycles. The van der Waals surface area contributed by atoms with Gasteiger partial charge >= 0.3 is 0 Å². The number of hydrogen-bond donors (Lipinski definition) is 4. The third-order valence-electron chi connectivity index (χ3n) is 2.37. The van der Waals surface area contributed by atoms with Gasteiger partial charge in [0.25, 0.3) is 5.91 Å². The second-order valence-corrected chi connectivity index (χ2v) is 5.44. The molecule has 5 N–H and O–H groups in total. The second-order valence-electron chi connectivity index (χ2n) is 5.44. The number of amides is 2. The van der Waals surface area contributed by atoms with Crippen LogP contribution in [0, 0.1) is 11.6 Å². The van der Waals surface area contributed by atoms with Crippen LogP contribution in [0.3, 0.4) is 0 Å². The molecule has 0 spiro atoms. The van der Waals surface area contributed by atoms with Crippen LogP contribution in [0.15, 0.2) is 12.1 Å². The van der Waals surface area contributed by atoms with Crippen molar-refractivity contribution in [2.75, 3.05) is 12.0 Å². The van der Waals surface area contributed by atoms with Crippen molar-refractivity contribution >= 4 is 17.5 Å². The van der Waals surface area contributed by atoms with Crippen molar-refractivity contribution < 1.29 is 18.4 Å². The van der Waals surface area contributed by atoms with E-state index < -0.39 is 34.7 Å². The standard InChI is InChI=1S/C13H18F2N4O2/c1-13(2,3)18-10(20)6-17-12(21)7-4-8(14)11(19-16)9(15)5-7/h4-5,19H,6,16H2,1-3H3,(H,17,21)(H,18,20). The third-order valence-corrected chi connectivity index (χ3v) is 2.37. The van der Waals surface area contributed by atoms with Crippen LogP contribution in [0.5, 0.6) is 0 Å². The van der Waals surface area contributed by atoms with Crippen molar-refractivity contribution in [2.45, 2.75) is 26.3 Å². The molecule has 0 aliphatic rings. The summed E-state index contributed by atoms with van der Waals surface area (Å²) >= 11 is 0. The van der Waals surface area contributed by atoms with Crippen molar-refractivity contribution in [1.82, 2.24) is 10.6 Å². The Balaban J connectivity index is 2.71. The Kier molecular flexibility index (Phi) is 5.20. The second kappa shape index (κ2) is 6.49. The molecule has 0 aliphatic heterocycles. The highest BCUT2D eigenvalue weighted by molar-refractivity contribution is 5.96. The number of hydrogen-bond acceptors (Lipinski definition) is 4. The summed E-state index contributed by atoms with van der Waals surface area (Å²) in [6.07, 6.45) is 0. The Bertz CT molecular complexity index is 533. The highest BCUT2D eigenvalue weighted by atomic mass is 19.1. The molecule has 0 aliphatic carbocycles. The molecule has 0 atom stereocenters. The summed E-state index contributed by atoms with van der Waals surface area (Å²) in [6, 6.07) is 1.66. The number of nitrogens with one attached hydrogen (secondary N) is 3. The first-order valence-electron chi connectivity index (χ1n) is 6.19. The number of halogens is 2. The molecule has 0 bridgehead atoms. The lowest BCUT2D eigenvalue weighted by atomic mass is 10.1. The molecule has 0 heterocycles. The fraction of sp³-hybridized carbons (Fsp3) is 0.385. The molecule has 8 heteroatoms. The number of carbonyl (C=O) groups excluding carboxylic acids is 2. The van der Waals surface area contributed by atoms with Crippen LogP contribution in [0.1, 0.15) is 31.1 Å². The van der Waals surface area contributed by atoms with Gasteiger partial charge in [-0.3, -0.25) is 15.4 Å². The lowest BCUT2D eigenvalue weighted by Crippen LogP contribution is -2.45. The van der Waals surface area contributed by atoms with Gasteiger partial charge in [-0.1, -0.05) is 0 Å². The fourth-order valence-electron chi connectivity index (χ4n) is 1.57. The minimum atomic E-state index is -0.998. The van der Waals surface area contributed by atoms with Gasteiger partial charge in [0.1, 0.15) is 5.69 Å². The van der Waals surface area contributed by atoms with Crippen LogP contribution in [0.4, 0.5) is 14.5 Å². The Morgan fingerprint density at radius 2 is 1.71 bits per heavy atom. The molecule has 0 saturated heterocycles. The number of carbonyl (C=O) groups is 2. The monoisotopic (exact) mass is 300 g/mol. The van der Waals surface area contributed by atoms with Gasteiger partial charge in [-0.05, 0) is 32.9 Å². The minimum Gasteiger partial charge on any atom is -0.350 e. The smallest absolute Gasteiger partial charge is 0.251 e. The fourth-order valence-corrected chi connectivity index (χ4v) is 1.57. The average Bonchev–Trinajstić information content (AvgIpc) is 2.33. The number of nitrogens with two attached hydrogens (primary N) is 1. The third kappa shape index (κ3) is 4.99. The van der Waals surface area contributed by atoms with E-state index in [1.165, 1.54) is 0 Å². The lowest BCUT2D eigenvalue weighted by molar-refractivity contribution is -0.121. The zero-order valence-corrected chi connectivity index (χ0v) is 12.0. The van der Waals surface area contributed by atoms with Gasteiger partial charge in [0.2, 0.25) is 5.91 Å². The van der Waals surface area contributed by atoms with Gasteiger partial charge in [-0.25, -0.2) is 8.78 Å². The van der Waals surface area contributed by atoms with Crippen molar-refractivity contribution in [1.29, 1.82) is 0 Å². The largest absolute Gasteiger partial charge is 0.350 e. The summed E-state index contributed by atoms with van der Waals surface area (Å²) in [4.78, 5) is 23.3. The van der Waals surface area contributed by atoms with Crippen LogP contribution in [0.25, 0.3) is 0 Å². The topological polar surface area (TPSA) is 96.2 Å². The summed E-state index contributed by atoms with van der Waals surface area (Å²) in [5.41, 5.74) is 0.650. The number of benzene rings is 1. The highest BCUT2D eigenvalue weighted by Gasteiger charge is 2.17. The average molecular weight is 300 g/mol. The van der Waals surface area contributed by atoms with E-state index in [4.69, 9.17) is 5.84 Å². The van der Waals surface area contributed by atoms with Gasteiger partial charge in [0, 0.05) is 11.1 Å². The van der Waals surface area contributed by atoms with Crippen LogP contribution in [0.2, 0.25) is 0 Å². The Morgan fingerprint density at radius 3 is 2.14 bits per heavy atom. The van der Waals surface area contributed by atoms with Gasteiger partial charge in [0.05, 0.1) is 6.54 Å². The number of nitrogen functional groups attached to an aromatic ring is 1. The Hall–Kier alpha value is -2.22. The summed E-state index contributed by atoms with van der Waals surface area (Å²) in [7, 11) is 0. The van der Waals surface area contributed by atoms with Crippen molar-refractivity contribution in [2.24, 2.45) is 5.84 Å². The summed E-state index contributed by atoms with van der Waals surface area (Å²) in [6.45, 7) is 5.07. The molecule has 1 rings (SSSR count). The van der Waals surface area contributed by atoms with Crippen molar-refractivity contribution in [3.63, 3.8) is 0 Å². The van der Waals surface area contributed by atoms with Crippen LogP contribution in [-0.4, -0.2) is 23.9 Å². The molecule has 2 amide bonds. The zero-order chi connectivity index (χ0) is 16.2. The first kappa shape index (κ1) is 16.8. The summed E-state index contributed by atoms with van der Waals surface area (Å²) in [5, 5.41) is 4.92. The maximum Gasteiger partial charge on any atom is 0.251 e. The number of hydrazine groups is 1. The quantitative estimate of drug-likeness (QED) is 0.490. The molecule has 0 fully saturated rings. The number of rotatable bonds is 4. The van der Waals surface area contributed by atoms with E-state index in [9.17, 15) is 18.4 Å². The molecule has 0 radical (unpaired) electrons. The van der Waals surface area contributed by atoms with Gasteiger partial charge in [0.15, 0.2) is 11.6 Å². The Morgan fingerprint density at radius 1 is 1.19 bits per heavy atom. The molecule has 1 aromatic carbocycles. The minimum absolute atomic E-state index is 0.243. The van der Waals surface area contributed by atoms with E-state index in [1.54, 1.807) is 20.8 Å². The summed E-state index contributed by atoms with van der Waals surface area (Å²) in [5.74, 6) is 1.79. The molecule has 6 nitrogen and oxygen atoms in total. The normalized spacial score (nSPS) is 11.0. The van der Waals surface area contributed by atoms with Crippen LogP contribution in [-0.2, 0) is 4.79 Å². The van der Waals surface area contributed by atoms with E-state index in [0.29, 0.717) is 0 Å².